The van der Waals surface area contributed by atoms with Gasteiger partial charge in [-0.15, -0.1) is 0 Å². The van der Waals surface area contributed by atoms with E-state index in [-0.39, 0.29) is 0 Å². The van der Waals surface area contributed by atoms with Gasteiger partial charge in [0.1, 0.15) is 0 Å². The molecule has 2 heteroatoms. The number of nitrogens with one attached hydrogen (secondary N) is 1. The molecule has 2 rings (SSSR count). The first kappa shape index (κ1) is 13.9. The van der Waals surface area contributed by atoms with Gasteiger partial charge in [-0.3, -0.25) is 0 Å². The van der Waals surface area contributed by atoms with Gasteiger partial charge in [-0.25, -0.2) is 0 Å². The second kappa shape index (κ2) is 6.58. The lowest BCUT2D eigenvalue weighted by Crippen LogP contribution is -2.36. The number of rotatable bonds is 4. The molecule has 0 aliphatic heterocycles. The van der Waals surface area contributed by atoms with Gasteiger partial charge in [-0.05, 0) is 50.3 Å². The molecule has 1 nitrogen and oxygen atoms in total. The third-order valence-corrected chi connectivity index (χ3v) is 4.49. The maximum Gasteiger partial charge on any atom is 0.0406 e. The third-order valence-electron chi connectivity index (χ3n) is 4.24. The first-order chi connectivity index (χ1) is 8.66. The monoisotopic (exact) mass is 265 g/mol. The maximum absolute atomic E-state index is 5.92. The molecule has 1 aromatic carbocycles. The van der Waals surface area contributed by atoms with E-state index >= 15 is 0 Å². The van der Waals surface area contributed by atoms with E-state index in [1.807, 2.05) is 12.1 Å². The maximum atomic E-state index is 5.92. The number of halogens is 1. The molecule has 1 aromatic rings. The lowest BCUT2D eigenvalue weighted by molar-refractivity contribution is 0.268. The molecule has 0 radical (unpaired) electrons. The summed E-state index contributed by atoms with van der Waals surface area (Å²) >= 11 is 5.92. The van der Waals surface area contributed by atoms with Crippen molar-refractivity contribution in [3.05, 3.63) is 34.9 Å². The molecule has 1 saturated carbocycles. The molecule has 2 atom stereocenters. The van der Waals surface area contributed by atoms with Crippen LogP contribution in [0, 0.1) is 5.92 Å². The molecule has 0 saturated heterocycles. The van der Waals surface area contributed by atoms with Crippen LogP contribution in [0.15, 0.2) is 24.3 Å². The molecule has 0 aromatic heterocycles. The Morgan fingerprint density at radius 3 is 2.28 bits per heavy atom. The molecule has 0 heterocycles. The Morgan fingerprint density at radius 2 is 1.67 bits per heavy atom. The van der Waals surface area contributed by atoms with Crippen LogP contribution in [0.5, 0.6) is 0 Å². The van der Waals surface area contributed by atoms with Crippen molar-refractivity contribution >= 4 is 11.6 Å². The molecule has 18 heavy (non-hydrogen) atoms. The summed E-state index contributed by atoms with van der Waals surface area (Å²) in [5, 5.41) is 4.55. The Kier molecular flexibility index (Phi) is 5.08. The van der Waals surface area contributed by atoms with Crippen molar-refractivity contribution in [3.63, 3.8) is 0 Å². The van der Waals surface area contributed by atoms with Gasteiger partial charge >= 0.3 is 0 Å². The zero-order valence-electron chi connectivity index (χ0n) is 11.5. The Labute approximate surface area is 116 Å². The SMILES string of the molecule is CC(N[C@H](C)C1CCCCC1)c1ccc(Cl)cc1. The van der Waals surface area contributed by atoms with Gasteiger partial charge in [0.05, 0.1) is 0 Å². The lowest BCUT2D eigenvalue weighted by atomic mass is 9.84. The quantitative estimate of drug-likeness (QED) is 0.811. The molecule has 0 spiro atoms. The average Bonchev–Trinajstić information content (AvgIpc) is 2.40. The third kappa shape index (κ3) is 3.73. The standard InChI is InChI=1S/C16H24ClN/c1-12(14-6-4-3-5-7-14)18-13(2)15-8-10-16(17)11-9-15/h8-14,18H,3-7H2,1-2H3/t12-,13?/m1/s1. The minimum Gasteiger partial charge on any atom is -0.307 e. The van der Waals surface area contributed by atoms with Crippen LogP contribution in [-0.2, 0) is 0 Å². The van der Waals surface area contributed by atoms with E-state index in [1.54, 1.807) is 0 Å². The predicted molar refractivity (Wildman–Crippen MR) is 79.0 cm³/mol. The van der Waals surface area contributed by atoms with E-state index in [2.05, 4.69) is 31.3 Å². The second-order valence-electron chi connectivity index (χ2n) is 5.63. The largest absolute Gasteiger partial charge is 0.307 e. The van der Waals surface area contributed by atoms with Crippen LogP contribution in [0.1, 0.15) is 57.6 Å². The van der Waals surface area contributed by atoms with Crippen molar-refractivity contribution < 1.29 is 0 Å². The molecule has 0 bridgehead atoms. The minimum absolute atomic E-state index is 0.402. The van der Waals surface area contributed by atoms with Crippen molar-refractivity contribution in [2.45, 2.75) is 58.0 Å². The number of benzene rings is 1. The van der Waals surface area contributed by atoms with Crippen LogP contribution < -0.4 is 5.32 Å². The zero-order chi connectivity index (χ0) is 13.0. The van der Waals surface area contributed by atoms with E-state index in [0.29, 0.717) is 12.1 Å². The van der Waals surface area contributed by atoms with Crippen molar-refractivity contribution in [2.24, 2.45) is 5.92 Å². The Balaban J connectivity index is 1.89. The van der Waals surface area contributed by atoms with Gasteiger partial charge < -0.3 is 5.32 Å². The van der Waals surface area contributed by atoms with Crippen molar-refractivity contribution in [2.75, 3.05) is 0 Å². The molecule has 1 aliphatic carbocycles. The minimum atomic E-state index is 0.402. The van der Waals surface area contributed by atoms with Crippen LogP contribution >= 0.6 is 11.6 Å². The van der Waals surface area contributed by atoms with Gasteiger partial charge in [-0.1, -0.05) is 43.0 Å². The van der Waals surface area contributed by atoms with Gasteiger partial charge in [0, 0.05) is 17.1 Å². The summed E-state index contributed by atoms with van der Waals surface area (Å²) in [6.07, 6.45) is 7.02. The first-order valence-electron chi connectivity index (χ1n) is 7.18. The number of hydrogen-bond donors (Lipinski definition) is 1. The summed E-state index contributed by atoms with van der Waals surface area (Å²) in [4.78, 5) is 0. The second-order valence-corrected chi connectivity index (χ2v) is 6.06. The summed E-state index contributed by atoms with van der Waals surface area (Å²) < 4.78 is 0. The molecule has 0 amide bonds. The van der Waals surface area contributed by atoms with Gasteiger partial charge in [0.15, 0.2) is 0 Å². The van der Waals surface area contributed by atoms with Gasteiger partial charge in [0.2, 0.25) is 0 Å². The fraction of sp³-hybridized carbons (Fsp3) is 0.625. The number of hydrogen-bond acceptors (Lipinski definition) is 1. The van der Waals surface area contributed by atoms with E-state index in [4.69, 9.17) is 11.6 Å². The first-order valence-corrected chi connectivity index (χ1v) is 7.56. The molecule has 1 fully saturated rings. The Hall–Kier alpha value is -0.530. The van der Waals surface area contributed by atoms with E-state index < -0.39 is 0 Å². The highest BCUT2D eigenvalue weighted by Crippen LogP contribution is 2.27. The van der Waals surface area contributed by atoms with Crippen LogP contribution in [0.4, 0.5) is 0 Å². The normalized spacial score (nSPS) is 20.6. The topological polar surface area (TPSA) is 12.0 Å². The Morgan fingerprint density at radius 1 is 1.06 bits per heavy atom. The van der Waals surface area contributed by atoms with Crippen LogP contribution in [0.3, 0.4) is 0 Å². The summed E-state index contributed by atoms with van der Waals surface area (Å²) in [6, 6.07) is 9.19. The molecule has 1 unspecified atom stereocenters. The smallest absolute Gasteiger partial charge is 0.0406 e. The summed E-state index contributed by atoms with van der Waals surface area (Å²) in [6.45, 7) is 4.57. The lowest BCUT2D eigenvalue weighted by Gasteiger charge is -2.30. The average molecular weight is 266 g/mol. The van der Waals surface area contributed by atoms with Crippen LogP contribution in [0.2, 0.25) is 5.02 Å². The highest BCUT2D eigenvalue weighted by Gasteiger charge is 2.21. The van der Waals surface area contributed by atoms with Crippen molar-refractivity contribution in [1.29, 1.82) is 0 Å². The zero-order valence-corrected chi connectivity index (χ0v) is 12.2. The molecule has 1 aliphatic rings. The summed E-state index contributed by atoms with van der Waals surface area (Å²) in [5.41, 5.74) is 1.32. The van der Waals surface area contributed by atoms with Crippen LogP contribution in [-0.4, -0.2) is 6.04 Å². The summed E-state index contributed by atoms with van der Waals surface area (Å²) in [7, 11) is 0. The molecular weight excluding hydrogens is 242 g/mol. The Bertz CT molecular complexity index is 354. The molecule has 100 valence electrons. The highest BCUT2D eigenvalue weighted by atomic mass is 35.5. The van der Waals surface area contributed by atoms with Crippen molar-refractivity contribution in [1.82, 2.24) is 5.32 Å². The van der Waals surface area contributed by atoms with E-state index in [0.717, 1.165) is 10.9 Å². The fourth-order valence-corrected chi connectivity index (χ4v) is 3.14. The molecule has 1 N–H and O–H groups in total. The van der Waals surface area contributed by atoms with Crippen LogP contribution in [0.25, 0.3) is 0 Å². The van der Waals surface area contributed by atoms with Crippen molar-refractivity contribution in [3.8, 4) is 0 Å². The highest BCUT2D eigenvalue weighted by molar-refractivity contribution is 6.30. The fourth-order valence-electron chi connectivity index (χ4n) is 3.01. The van der Waals surface area contributed by atoms with Gasteiger partial charge in [-0.2, -0.15) is 0 Å². The molecular formula is C16H24ClN. The van der Waals surface area contributed by atoms with E-state index in [9.17, 15) is 0 Å². The van der Waals surface area contributed by atoms with Gasteiger partial charge in [0.25, 0.3) is 0 Å². The van der Waals surface area contributed by atoms with E-state index in [1.165, 1.54) is 37.7 Å². The predicted octanol–water partition coefficient (Wildman–Crippen LogP) is 4.96. The summed E-state index contributed by atoms with van der Waals surface area (Å²) in [5.74, 6) is 0.855.